The van der Waals surface area contributed by atoms with Crippen molar-refractivity contribution in [3.8, 4) is 0 Å². The molecule has 8 heteroatoms. The lowest BCUT2D eigenvalue weighted by molar-refractivity contribution is 0.794. The zero-order valence-electron chi connectivity index (χ0n) is 10.6. The van der Waals surface area contributed by atoms with Gasteiger partial charge in [0.15, 0.2) is 5.82 Å². The molecule has 0 spiro atoms. The zero-order valence-corrected chi connectivity index (χ0v) is 12.2. The van der Waals surface area contributed by atoms with Crippen molar-refractivity contribution in [3.05, 3.63) is 34.7 Å². The van der Waals surface area contributed by atoms with Crippen LogP contribution in [0.3, 0.4) is 0 Å². The predicted molar refractivity (Wildman–Crippen MR) is 80.1 cm³/mol. The molecule has 1 aromatic carbocycles. The third-order valence-corrected chi connectivity index (χ3v) is 3.40. The normalized spacial score (nSPS) is 12.5. The Balaban J connectivity index is 2.02. The van der Waals surface area contributed by atoms with E-state index in [0.717, 1.165) is 21.1 Å². The van der Waals surface area contributed by atoms with E-state index in [1.54, 1.807) is 6.20 Å². The van der Waals surface area contributed by atoms with Crippen LogP contribution in [0.25, 0.3) is 10.9 Å². The van der Waals surface area contributed by atoms with Gasteiger partial charge in [0.05, 0.1) is 17.2 Å². The molecule has 0 bridgehead atoms. The summed E-state index contributed by atoms with van der Waals surface area (Å²) in [4.78, 5) is 4.42. The Kier molecular flexibility index (Phi) is 3.23. The van der Waals surface area contributed by atoms with Gasteiger partial charge in [-0.1, -0.05) is 5.21 Å². The number of aromatic amines is 1. The van der Waals surface area contributed by atoms with Gasteiger partial charge in [-0.25, -0.2) is 0 Å². The standard InChI is InChI=1S/C12H12BrN7/c1-6(12-17-19-20-18-12)16-10-3-2-9(14)8-4-7(13)5-15-11(8)10/h2-6,16H,14H2,1H3,(H,17,18,19,20). The first-order chi connectivity index (χ1) is 9.65. The third kappa shape index (κ3) is 2.29. The molecule has 0 radical (unpaired) electrons. The molecule has 0 amide bonds. The van der Waals surface area contributed by atoms with Crippen LogP contribution in [0, 0.1) is 0 Å². The van der Waals surface area contributed by atoms with Crippen LogP contribution < -0.4 is 11.1 Å². The van der Waals surface area contributed by atoms with E-state index in [1.165, 1.54) is 0 Å². The first-order valence-corrected chi connectivity index (χ1v) is 6.78. The molecule has 20 heavy (non-hydrogen) atoms. The number of nitrogens with zero attached hydrogens (tertiary/aromatic N) is 4. The van der Waals surface area contributed by atoms with Crippen molar-refractivity contribution in [2.75, 3.05) is 11.1 Å². The highest BCUT2D eigenvalue weighted by atomic mass is 79.9. The summed E-state index contributed by atoms with van der Waals surface area (Å²) in [6.07, 6.45) is 1.74. The summed E-state index contributed by atoms with van der Waals surface area (Å²) in [5, 5.41) is 18.1. The number of hydrogen-bond acceptors (Lipinski definition) is 6. The Morgan fingerprint density at radius 1 is 1.40 bits per heavy atom. The lowest BCUT2D eigenvalue weighted by atomic mass is 10.1. The van der Waals surface area contributed by atoms with Crippen LogP contribution in [0.2, 0.25) is 0 Å². The summed E-state index contributed by atoms with van der Waals surface area (Å²) < 4.78 is 0.889. The summed E-state index contributed by atoms with van der Waals surface area (Å²) in [6, 6.07) is 5.60. The number of anilines is 2. The number of H-pyrrole nitrogens is 1. The Bertz CT molecular complexity index is 741. The van der Waals surface area contributed by atoms with Crippen molar-refractivity contribution in [2.24, 2.45) is 0 Å². The molecule has 0 saturated heterocycles. The largest absolute Gasteiger partial charge is 0.398 e. The fraction of sp³-hybridized carbons (Fsp3) is 0.167. The molecule has 1 atom stereocenters. The quantitative estimate of drug-likeness (QED) is 0.635. The number of nitrogen functional groups attached to an aromatic ring is 1. The molecule has 102 valence electrons. The maximum atomic E-state index is 5.99. The molecule has 4 N–H and O–H groups in total. The van der Waals surface area contributed by atoms with Crippen LogP contribution in [0.1, 0.15) is 18.8 Å². The molecule has 3 aromatic rings. The average molecular weight is 334 g/mol. The number of fused-ring (bicyclic) bond motifs is 1. The van der Waals surface area contributed by atoms with E-state index in [-0.39, 0.29) is 6.04 Å². The van der Waals surface area contributed by atoms with E-state index in [1.807, 2.05) is 25.1 Å². The number of rotatable bonds is 3. The van der Waals surface area contributed by atoms with Gasteiger partial charge >= 0.3 is 0 Å². The monoisotopic (exact) mass is 333 g/mol. The Hall–Kier alpha value is -2.22. The molecular weight excluding hydrogens is 322 g/mol. The Morgan fingerprint density at radius 2 is 2.25 bits per heavy atom. The molecule has 3 rings (SSSR count). The third-order valence-electron chi connectivity index (χ3n) is 2.97. The van der Waals surface area contributed by atoms with Crippen molar-refractivity contribution < 1.29 is 0 Å². The van der Waals surface area contributed by atoms with Gasteiger partial charge in [0, 0.05) is 21.7 Å². The molecule has 0 fully saturated rings. The number of benzene rings is 1. The maximum absolute atomic E-state index is 5.99. The van der Waals surface area contributed by atoms with Gasteiger partial charge < -0.3 is 11.1 Å². The van der Waals surface area contributed by atoms with E-state index < -0.39 is 0 Å². The molecule has 7 nitrogen and oxygen atoms in total. The van der Waals surface area contributed by atoms with Crippen molar-refractivity contribution >= 4 is 38.2 Å². The minimum absolute atomic E-state index is 0.0916. The van der Waals surface area contributed by atoms with E-state index in [4.69, 9.17) is 5.73 Å². The van der Waals surface area contributed by atoms with E-state index >= 15 is 0 Å². The van der Waals surface area contributed by atoms with Crippen LogP contribution in [-0.4, -0.2) is 25.6 Å². The van der Waals surface area contributed by atoms with E-state index in [0.29, 0.717) is 11.5 Å². The van der Waals surface area contributed by atoms with Crippen LogP contribution in [0.4, 0.5) is 11.4 Å². The molecule has 1 unspecified atom stereocenters. The number of aromatic nitrogens is 5. The van der Waals surface area contributed by atoms with Gasteiger partial charge in [0.2, 0.25) is 0 Å². The maximum Gasteiger partial charge on any atom is 0.196 e. The number of tetrazole rings is 1. The van der Waals surface area contributed by atoms with Gasteiger partial charge in [-0.2, -0.15) is 5.21 Å². The van der Waals surface area contributed by atoms with E-state index in [2.05, 4.69) is 46.9 Å². The summed E-state index contributed by atoms with van der Waals surface area (Å²) in [7, 11) is 0. The van der Waals surface area contributed by atoms with Crippen LogP contribution in [0.5, 0.6) is 0 Å². The van der Waals surface area contributed by atoms with Crippen LogP contribution >= 0.6 is 15.9 Å². The molecule has 2 heterocycles. The fourth-order valence-electron chi connectivity index (χ4n) is 1.98. The van der Waals surface area contributed by atoms with Gasteiger partial charge in [-0.3, -0.25) is 4.98 Å². The number of halogens is 1. The molecule has 2 aromatic heterocycles. The molecule has 0 aliphatic rings. The first-order valence-electron chi connectivity index (χ1n) is 5.99. The van der Waals surface area contributed by atoms with Crippen molar-refractivity contribution in [1.29, 1.82) is 0 Å². The van der Waals surface area contributed by atoms with Gasteiger partial charge in [0.25, 0.3) is 0 Å². The first kappa shape index (κ1) is 12.8. The van der Waals surface area contributed by atoms with Gasteiger partial charge in [-0.05, 0) is 41.1 Å². The molecule has 0 aliphatic heterocycles. The Morgan fingerprint density at radius 3 is 3.00 bits per heavy atom. The highest BCUT2D eigenvalue weighted by Gasteiger charge is 2.13. The SMILES string of the molecule is CC(Nc1ccc(N)c2cc(Br)cnc12)c1nn[nH]n1. The second-order valence-corrected chi connectivity index (χ2v) is 5.30. The minimum atomic E-state index is -0.0916. The number of nitrogens with two attached hydrogens (primary N) is 1. The summed E-state index contributed by atoms with van der Waals surface area (Å²) >= 11 is 3.40. The second-order valence-electron chi connectivity index (χ2n) is 4.39. The number of nitrogens with one attached hydrogen (secondary N) is 2. The second kappa shape index (κ2) is 5.04. The van der Waals surface area contributed by atoms with E-state index in [9.17, 15) is 0 Å². The lowest BCUT2D eigenvalue weighted by Crippen LogP contribution is -2.09. The molecule has 0 saturated carbocycles. The molecule has 0 aliphatic carbocycles. The highest BCUT2D eigenvalue weighted by molar-refractivity contribution is 9.10. The predicted octanol–water partition coefficient (Wildman–Crippen LogP) is 2.27. The Labute approximate surface area is 123 Å². The van der Waals surface area contributed by atoms with Crippen molar-refractivity contribution in [2.45, 2.75) is 13.0 Å². The minimum Gasteiger partial charge on any atom is -0.398 e. The highest BCUT2D eigenvalue weighted by Crippen LogP contribution is 2.30. The zero-order chi connectivity index (χ0) is 14.1. The summed E-state index contributed by atoms with van der Waals surface area (Å²) in [5.74, 6) is 0.590. The van der Waals surface area contributed by atoms with Crippen LogP contribution in [-0.2, 0) is 0 Å². The fourth-order valence-corrected chi connectivity index (χ4v) is 2.31. The van der Waals surface area contributed by atoms with Crippen molar-refractivity contribution in [1.82, 2.24) is 25.6 Å². The topological polar surface area (TPSA) is 105 Å². The average Bonchev–Trinajstić information content (AvgIpc) is 2.96. The summed E-state index contributed by atoms with van der Waals surface area (Å²) in [5.41, 5.74) is 8.36. The lowest BCUT2D eigenvalue weighted by Gasteiger charge is -2.14. The number of pyridine rings is 1. The van der Waals surface area contributed by atoms with Crippen molar-refractivity contribution in [3.63, 3.8) is 0 Å². The molecular formula is C12H12BrN7. The summed E-state index contributed by atoms with van der Waals surface area (Å²) in [6.45, 7) is 1.95. The van der Waals surface area contributed by atoms with Gasteiger partial charge in [-0.15, -0.1) is 10.2 Å². The van der Waals surface area contributed by atoms with Crippen LogP contribution in [0.15, 0.2) is 28.9 Å². The smallest absolute Gasteiger partial charge is 0.196 e. The van der Waals surface area contributed by atoms with Gasteiger partial charge in [0.1, 0.15) is 0 Å². The number of hydrogen-bond donors (Lipinski definition) is 3.